The van der Waals surface area contributed by atoms with Gasteiger partial charge in [-0.15, -0.1) is 0 Å². The Morgan fingerprint density at radius 3 is 1.03 bits per heavy atom. The van der Waals surface area contributed by atoms with Crippen LogP contribution in [0.1, 0.15) is 304 Å². The van der Waals surface area contributed by atoms with Gasteiger partial charge in [0.05, 0.1) is 0 Å². The van der Waals surface area contributed by atoms with Gasteiger partial charge in [-0.3, -0.25) is 0 Å². The average Bonchev–Trinajstić information content (AvgIpc) is 1.49. The fourth-order valence-corrected chi connectivity index (χ4v) is 24.8. The molecule has 0 amide bonds. The molecule has 0 saturated heterocycles. The van der Waals surface area contributed by atoms with Crippen LogP contribution in [-0.2, 0) is 32.5 Å². The van der Waals surface area contributed by atoms with Gasteiger partial charge in [0.2, 0.25) is 0 Å². The summed E-state index contributed by atoms with van der Waals surface area (Å²) in [5, 5.41) is 7.41. The number of benzene rings is 12. The molecule has 0 unspecified atom stereocenters. The highest BCUT2D eigenvalue weighted by Gasteiger charge is 2.55. The van der Waals surface area contributed by atoms with Crippen molar-refractivity contribution in [3.8, 4) is 66.8 Å². The van der Waals surface area contributed by atoms with E-state index < -0.39 is 0 Å². The summed E-state index contributed by atoms with van der Waals surface area (Å²) in [6, 6.07) is 79.2. The molecule has 6 aliphatic carbocycles. The van der Waals surface area contributed by atoms with Crippen molar-refractivity contribution in [3.05, 3.63) is 267 Å². The quantitative estimate of drug-likeness (QED) is 0.0481. The van der Waals surface area contributed by atoms with E-state index in [1.165, 1.54) is 295 Å². The van der Waals surface area contributed by atoms with Gasteiger partial charge in [-0.2, -0.15) is 0 Å². The molecule has 0 atom stereocenters. The molecule has 3 aromatic heterocycles. The maximum Gasteiger partial charge on any atom is 0.144 e. The van der Waals surface area contributed by atoms with E-state index in [1.54, 1.807) is 16.7 Å². The SMILES string of the molecule is CCCCCCCC1(CCCCCCC)c2ccccc2-c2c1c1c(c3c2oc2ccccc23)-c2ccc(N(c3ccc4c(c3)C(C)(C)c3cc5c(cc3-4)C(C)(C)c3ccc4oc6ccccc6c4c3-5)c3ccc4c(c3)C(C)(C)c3cc5c(cc3-4)C(C)(C)c3ccc4oc6ccccc6c4c3-5)cc2C1(CCCCCCC)CCCCCCC. The first-order valence-corrected chi connectivity index (χ1v) is 46.0. The van der Waals surface area contributed by atoms with Gasteiger partial charge in [-0.25, -0.2) is 0 Å². The van der Waals surface area contributed by atoms with Crippen LogP contribution in [0.25, 0.3) is 133 Å². The van der Waals surface area contributed by atoms with Crippen molar-refractivity contribution in [2.75, 3.05) is 4.90 Å². The lowest BCUT2D eigenvalue weighted by Crippen LogP contribution is -2.33. The maximum absolute atomic E-state index is 7.69. The molecule has 0 spiro atoms. The molecule has 21 rings (SSSR count). The summed E-state index contributed by atoms with van der Waals surface area (Å²) in [7, 11) is 0. The Morgan fingerprint density at radius 2 is 0.576 bits per heavy atom. The lowest BCUT2D eigenvalue weighted by atomic mass is 9.62. The molecular formula is C114H117NO3. The van der Waals surface area contributed by atoms with Crippen molar-refractivity contribution in [2.24, 2.45) is 0 Å². The second-order valence-electron chi connectivity index (χ2n) is 39.0. The maximum atomic E-state index is 7.69. The summed E-state index contributed by atoms with van der Waals surface area (Å²) < 4.78 is 21.0. The molecule has 118 heavy (non-hydrogen) atoms. The van der Waals surface area contributed by atoms with Crippen LogP contribution in [0, 0.1) is 0 Å². The minimum absolute atomic E-state index is 0.184. The molecule has 0 radical (unpaired) electrons. The fraction of sp³-hybridized carbons (Fsp3) is 0.368. The third-order valence-electron chi connectivity index (χ3n) is 30.8. The van der Waals surface area contributed by atoms with Gasteiger partial charge in [0.15, 0.2) is 0 Å². The highest BCUT2D eigenvalue weighted by Crippen LogP contribution is 2.69. The minimum atomic E-state index is -0.344. The monoisotopic (exact) mass is 1550 g/mol. The number of hydrogen-bond donors (Lipinski definition) is 0. The van der Waals surface area contributed by atoms with Crippen LogP contribution in [0.4, 0.5) is 17.1 Å². The summed E-state index contributed by atoms with van der Waals surface area (Å²) in [5.74, 6) is 0. The summed E-state index contributed by atoms with van der Waals surface area (Å²) >= 11 is 0. The fourth-order valence-electron chi connectivity index (χ4n) is 24.8. The van der Waals surface area contributed by atoms with Crippen molar-refractivity contribution in [2.45, 2.75) is 270 Å². The normalized spacial score (nSPS) is 16.2. The Labute approximate surface area is 699 Å². The molecule has 4 heteroatoms. The van der Waals surface area contributed by atoms with E-state index in [9.17, 15) is 0 Å². The van der Waals surface area contributed by atoms with E-state index >= 15 is 0 Å². The molecule has 0 saturated carbocycles. The van der Waals surface area contributed by atoms with Crippen LogP contribution in [0.2, 0.25) is 0 Å². The average molecular weight is 1550 g/mol. The molecule has 4 nitrogen and oxygen atoms in total. The highest BCUT2D eigenvalue weighted by atomic mass is 16.3. The summed E-state index contributed by atoms with van der Waals surface area (Å²) in [6.07, 6.45) is 29.5. The predicted molar refractivity (Wildman–Crippen MR) is 499 cm³/mol. The largest absolute Gasteiger partial charge is 0.456 e. The van der Waals surface area contributed by atoms with Gasteiger partial charge in [0.25, 0.3) is 0 Å². The van der Waals surface area contributed by atoms with Gasteiger partial charge >= 0.3 is 0 Å². The number of nitrogens with zero attached hydrogens (tertiary/aromatic N) is 1. The van der Waals surface area contributed by atoms with E-state index in [1.807, 2.05) is 0 Å². The first-order valence-electron chi connectivity index (χ1n) is 46.0. The van der Waals surface area contributed by atoms with Crippen LogP contribution < -0.4 is 4.90 Å². The van der Waals surface area contributed by atoms with E-state index in [0.717, 1.165) is 59.2 Å². The van der Waals surface area contributed by atoms with Gasteiger partial charge in [0, 0.05) is 87.4 Å². The first kappa shape index (κ1) is 75.3. The van der Waals surface area contributed by atoms with Gasteiger partial charge in [0.1, 0.15) is 33.5 Å². The van der Waals surface area contributed by atoms with Crippen molar-refractivity contribution >= 4 is 82.9 Å². The third kappa shape index (κ3) is 10.9. The lowest BCUT2D eigenvalue weighted by molar-refractivity contribution is 0.369. The lowest BCUT2D eigenvalue weighted by Gasteiger charge is -2.40. The van der Waals surface area contributed by atoms with Crippen LogP contribution >= 0.6 is 0 Å². The van der Waals surface area contributed by atoms with Gasteiger partial charge < -0.3 is 18.2 Å². The molecule has 0 aliphatic heterocycles. The zero-order chi connectivity index (χ0) is 80.5. The van der Waals surface area contributed by atoms with Crippen molar-refractivity contribution in [1.29, 1.82) is 0 Å². The molecule has 0 bridgehead atoms. The minimum Gasteiger partial charge on any atom is -0.456 e. The highest BCUT2D eigenvalue weighted by molar-refractivity contribution is 6.22. The Bertz CT molecular complexity index is 6320. The van der Waals surface area contributed by atoms with E-state index in [0.29, 0.717) is 0 Å². The number of anilines is 3. The van der Waals surface area contributed by atoms with Crippen LogP contribution in [0.5, 0.6) is 0 Å². The smallest absolute Gasteiger partial charge is 0.144 e. The molecule has 15 aromatic rings. The molecule has 12 aromatic carbocycles. The van der Waals surface area contributed by atoms with Crippen LogP contribution in [0.15, 0.2) is 213 Å². The summed E-state index contributed by atoms with van der Waals surface area (Å²) in [4.78, 5) is 2.73. The van der Waals surface area contributed by atoms with Crippen molar-refractivity contribution in [3.63, 3.8) is 0 Å². The number of fused-ring (bicyclic) bond motifs is 32. The Balaban J connectivity index is 0.796. The Morgan fingerprint density at radius 1 is 0.237 bits per heavy atom. The standard InChI is InChI=1S/C114H117NO3/c1-13-17-21-25-37-59-113(60-38-26-22-18-14-2)84-45-33-29-41-75(84)105-107(113)106-103(104-79-44-32-36-48-96(79)118-108(104)105)76-54-51-72(65-93(76)114(106,61-39-27-23-19-15-3)62-40-28-24-20-16-4)115(70-49-52-73-80-66-91-82(68-89(80)111(9,10)87(73)63-70)99-85(109(91,5)6)55-57-97-101(99)77-42-30-34-46-94(77)116-97)71-50-53-74-81-67-92-83(69-90(81)112(11,12)88(74)64-71)100-86(110(92,7)8)56-58-98-102(100)78-43-31-35-47-95(78)117-98/h29-36,41-58,63-69H,13-28,37-40,59-62H2,1-12H3. The second-order valence-corrected chi connectivity index (χ2v) is 39.0. The van der Waals surface area contributed by atoms with Crippen LogP contribution in [0.3, 0.4) is 0 Å². The third-order valence-corrected chi connectivity index (χ3v) is 30.8. The van der Waals surface area contributed by atoms with Crippen LogP contribution in [-0.4, -0.2) is 0 Å². The molecule has 596 valence electrons. The number of hydrogen-bond acceptors (Lipinski definition) is 4. The zero-order valence-corrected chi connectivity index (χ0v) is 72.2. The molecule has 0 fully saturated rings. The summed E-state index contributed by atoms with van der Waals surface area (Å²) in [5.41, 5.74) is 41.7. The number of furan rings is 3. The van der Waals surface area contributed by atoms with Gasteiger partial charge in [-0.1, -0.05) is 321 Å². The first-order chi connectivity index (χ1) is 57.4. The zero-order valence-electron chi connectivity index (χ0n) is 72.2. The predicted octanol–water partition coefficient (Wildman–Crippen LogP) is 34.1. The molecule has 3 heterocycles. The van der Waals surface area contributed by atoms with E-state index in [2.05, 4.69) is 288 Å². The molecule has 6 aliphatic rings. The van der Waals surface area contributed by atoms with Crippen molar-refractivity contribution in [1.82, 2.24) is 0 Å². The second kappa shape index (κ2) is 28.2. The van der Waals surface area contributed by atoms with Gasteiger partial charge in [-0.05, 0) is 245 Å². The Hall–Kier alpha value is -10.2. The topological polar surface area (TPSA) is 42.7 Å². The van der Waals surface area contributed by atoms with Crippen molar-refractivity contribution < 1.29 is 13.3 Å². The van der Waals surface area contributed by atoms with E-state index in [4.69, 9.17) is 13.3 Å². The molecule has 0 N–H and O–H groups in total. The summed E-state index contributed by atoms with van der Waals surface area (Å²) in [6.45, 7) is 29.3. The number of rotatable bonds is 27. The number of para-hydroxylation sites is 3. The van der Waals surface area contributed by atoms with E-state index in [-0.39, 0.29) is 32.5 Å². The molecular weight excluding hydrogens is 1430 g/mol. The Kier molecular flexibility index (Phi) is 18.0. The number of unbranched alkanes of at least 4 members (excludes halogenated alkanes) is 16.